The molecule has 2 saturated heterocycles. The monoisotopic (exact) mass is 250 g/mol. The normalized spacial score (nSPS) is 24.3. The highest BCUT2D eigenvalue weighted by molar-refractivity contribution is 4.97. The largest absolute Gasteiger partial charge is 0.360 e. The predicted octanol–water partition coefficient (Wildman–Crippen LogP) is 0.496. The van der Waals surface area contributed by atoms with Crippen molar-refractivity contribution in [2.24, 2.45) is 0 Å². The van der Waals surface area contributed by atoms with Gasteiger partial charge in [0.1, 0.15) is 0 Å². The molecule has 0 bridgehead atoms. The van der Waals surface area contributed by atoms with Crippen molar-refractivity contribution in [2.75, 3.05) is 45.8 Å². The fourth-order valence-electron chi connectivity index (χ4n) is 2.89. The zero-order chi connectivity index (χ0) is 12.4. The van der Waals surface area contributed by atoms with Crippen molar-refractivity contribution in [1.29, 1.82) is 0 Å². The predicted molar refractivity (Wildman–Crippen MR) is 69.3 cm³/mol. The molecule has 2 aliphatic rings. The third-order valence-electron chi connectivity index (χ3n) is 4.18. The first-order valence-electron chi connectivity index (χ1n) is 6.93. The van der Waals surface area contributed by atoms with Gasteiger partial charge in [-0.25, -0.2) is 0 Å². The van der Waals surface area contributed by atoms with Gasteiger partial charge in [-0.05, 0) is 6.54 Å². The standard InChI is InChI=1S/C13H22N4O/c1-2-15-5-7-17(8-6-15)12-9-16(10-12)11-13-3-4-14-18-13/h3-4,12H,2,5-11H2,1H3. The van der Waals surface area contributed by atoms with Crippen molar-refractivity contribution in [1.82, 2.24) is 19.9 Å². The fraction of sp³-hybridized carbons (Fsp3) is 0.769. The minimum Gasteiger partial charge on any atom is -0.360 e. The van der Waals surface area contributed by atoms with E-state index in [-0.39, 0.29) is 0 Å². The van der Waals surface area contributed by atoms with Crippen LogP contribution in [0.25, 0.3) is 0 Å². The van der Waals surface area contributed by atoms with Gasteiger partial charge in [-0.15, -0.1) is 0 Å². The molecule has 0 amide bonds. The van der Waals surface area contributed by atoms with Gasteiger partial charge in [-0.1, -0.05) is 12.1 Å². The van der Waals surface area contributed by atoms with Crippen molar-refractivity contribution in [3.8, 4) is 0 Å². The van der Waals surface area contributed by atoms with E-state index in [1.165, 1.54) is 45.8 Å². The van der Waals surface area contributed by atoms with Crippen LogP contribution in [0.4, 0.5) is 0 Å². The van der Waals surface area contributed by atoms with Gasteiger partial charge in [-0.2, -0.15) is 0 Å². The summed E-state index contributed by atoms with van der Waals surface area (Å²) in [5, 5.41) is 3.74. The second kappa shape index (κ2) is 5.38. The Hall–Kier alpha value is -0.910. The molecule has 3 rings (SSSR count). The third-order valence-corrected chi connectivity index (χ3v) is 4.18. The van der Waals surface area contributed by atoms with Gasteiger partial charge < -0.3 is 9.42 Å². The maximum Gasteiger partial charge on any atom is 0.150 e. The van der Waals surface area contributed by atoms with Crippen LogP contribution in [0.15, 0.2) is 16.8 Å². The molecule has 100 valence electrons. The molecular formula is C13H22N4O. The van der Waals surface area contributed by atoms with Crippen LogP contribution in [0.1, 0.15) is 12.7 Å². The maximum absolute atomic E-state index is 5.14. The number of rotatable bonds is 4. The first-order valence-corrected chi connectivity index (χ1v) is 6.93. The van der Waals surface area contributed by atoms with E-state index in [0.717, 1.165) is 18.3 Å². The van der Waals surface area contributed by atoms with Gasteiger partial charge in [0.15, 0.2) is 5.76 Å². The minimum atomic E-state index is 0.756. The summed E-state index contributed by atoms with van der Waals surface area (Å²) >= 11 is 0. The quantitative estimate of drug-likeness (QED) is 0.777. The van der Waals surface area contributed by atoms with Gasteiger partial charge >= 0.3 is 0 Å². The number of hydrogen-bond donors (Lipinski definition) is 0. The highest BCUT2D eigenvalue weighted by Crippen LogP contribution is 2.19. The third kappa shape index (κ3) is 2.58. The van der Waals surface area contributed by atoms with E-state index in [0.29, 0.717) is 0 Å². The van der Waals surface area contributed by atoms with Crippen LogP contribution in [0.2, 0.25) is 0 Å². The lowest BCUT2D eigenvalue weighted by Crippen LogP contribution is -2.62. The van der Waals surface area contributed by atoms with Gasteiger partial charge in [0.2, 0.25) is 0 Å². The van der Waals surface area contributed by atoms with Crippen LogP contribution >= 0.6 is 0 Å². The molecule has 0 spiro atoms. The number of piperazine rings is 1. The number of likely N-dealkylation sites (N-methyl/N-ethyl adjacent to an activating group) is 1. The zero-order valence-electron chi connectivity index (χ0n) is 11.1. The van der Waals surface area contributed by atoms with Crippen molar-refractivity contribution < 1.29 is 4.52 Å². The molecule has 5 nitrogen and oxygen atoms in total. The molecule has 18 heavy (non-hydrogen) atoms. The minimum absolute atomic E-state index is 0.756. The fourth-order valence-corrected chi connectivity index (χ4v) is 2.89. The molecule has 0 atom stereocenters. The molecule has 0 unspecified atom stereocenters. The van der Waals surface area contributed by atoms with E-state index in [2.05, 4.69) is 26.8 Å². The van der Waals surface area contributed by atoms with E-state index in [9.17, 15) is 0 Å². The Balaban J connectivity index is 1.40. The molecule has 0 saturated carbocycles. The summed E-state index contributed by atoms with van der Waals surface area (Å²) < 4.78 is 5.14. The molecule has 2 aliphatic heterocycles. The molecule has 5 heteroatoms. The summed E-state index contributed by atoms with van der Waals surface area (Å²) in [6.07, 6.45) is 1.72. The Kier molecular flexibility index (Phi) is 3.63. The molecule has 0 N–H and O–H groups in total. The molecular weight excluding hydrogens is 228 g/mol. The van der Waals surface area contributed by atoms with E-state index in [4.69, 9.17) is 4.52 Å². The van der Waals surface area contributed by atoms with Crippen molar-refractivity contribution in [3.63, 3.8) is 0 Å². The average Bonchev–Trinajstić information content (AvgIpc) is 2.86. The zero-order valence-corrected chi connectivity index (χ0v) is 11.1. The molecule has 0 aliphatic carbocycles. The molecule has 2 fully saturated rings. The summed E-state index contributed by atoms with van der Waals surface area (Å²) in [6.45, 7) is 11.6. The number of nitrogens with zero attached hydrogens (tertiary/aromatic N) is 4. The van der Waals surface area contributed by atoms with Crippen molar-refractivity contribution in [2.45, 2.75) is 19.5 Å². The molecule has 1 aromatic heterocycles. The SMILES string of the molecule is CCN1CCN(C2CN(Cc3ccno3)C2)CC1. The second-order valence-corrected chi connectivity index (χ2v) is 5.30. The Morgan fingerprint density at radius 1 is 1.22 bits per heavy atom. The van der Waals surface area contributed by atoms with Crippen LogP contribution in [-0.4, -0.2) is 71.7 Å². The first kappa shape index (κ1) is 12.1. The lowest BCUT2D eigenvalue weighted by Gasteiger charge is -2.47. The summed E-state index contributed by atoms with van der Waals surface area (Å²) in [5.41, 5.74) is 0. The van der Waals surface area contributed by atoms with E-state index in [1.54, 1.807) is 6.20 Å². The smallest absolute Gasteiger partial charge is 0.150 e. The van der Waals surface area contributed by atoms with Crippen molar-refractivity contribution in [3.05, 3.63) is 18.0 Å². The van der Waals surface area contributed by atoms with Crippen LogP contribution in [0.5, 0.6) is 0 Å². The van der Waals surface area contributed by atoms with Crippen LogP contribution in [-0.2, 0) is 6.54 Å². The Bertz CT molecular complexity index is 353. The van der Waals surface area contributed by atoms with Crippen LogP contribution in [0, 0.1) is 0 Å². The van der Waals surface area contributed by atoms with Gasteiger partial charge in [-0.3, -0.25) is 9.80 Å². The summed E-state index contributed by atoms with van der Waals surface area (Å²) in [7, 11) is 0. The van der Waals surface area contributed by atoms with E-state index in [1.807, 2.05) is 6.07 Å². The lowest BCUT2D eigenvalue weighted by atomic mass is 10.1. The molecule has 1 aromatic rings. The van der Waals surface area contributed by atoms with Gasteiger partial charge in [0, 0.05) is 51.4 Å². The highest BCUT2D eigenvalue weighted by atomic mass is 16.5. The Morgan fingerprint density at radius 3 is 2.61 bits per heavy atom. The van der Waals surface area contributed by atoms with Gasteiger partial charge in [0.05, 0.1) is 12.7 Å². The van der Waals surface area contributed by atoms with E-state index >= 15 is 0 Å². The molecule has 3 heterocycles. The van der Waals surface area contributed by atoms with E-state index < -0.39 is 0 Å². The molecule has 0 aromatic carbocycles. The Labute approximate surface area is 108 Å². The number of likely N-dealkylation sites (tertiary alicyclic amines) is 1. The van der Waals surface area contributed by atoms with Crippen molar-refractivity contribution >= 4 is 0 Å². The Morgan fingerprint density at radius 2 is 2.00 bits per heavy atom. The summed E-state index contributed by atoms with van der Waals surface area (Å²) in [4.78, 5) is 7.60. The van der Waals surface area contributed by atoms with Crippen LogP contribution in [0.3, 0.4) is 0 Å². The maximum atomic E-state index is 5.14. The summed E-state index contributed by atoms with van der Waals surface area (Å²) in [5.74, 6) is 0.976. The summed E-state index contributed by atoms with van der Waals surface area (Å²) in [6, 6.07) is 2.71. The topological polar surface area (TPSA) is 35.8 Å². The second-order valence-electron chi connectivity index (χ2n) is 5.30. The lowest BCUT2D eigenvalue weighted by molar-refractivity contribution is -0.00138. The number of aromatic nitrogens is 1. The first-order chi connectivity index (χ1) is 8.85. The highest BCUT2D eigenvalue weighted by Gasteiger charge is 2.33. The van der Waals surface area contributed by atoms with Gasteiger partial charge in [0.25, 0.3) is 0 Å². The molecule has 0 radical (unpaired) electrons. The van der Waals surface area contributed by atoms with Crippen LogP contribution < -0.4 is 0 Å². The number of hydrogen-bond acceptors (Lipinski definition) is 5. The average molecular weight is 250 g/mol.